The summed E-state index contributed by atoms with van der Waals surface area (Å²) in [6, 6.07) is 9.27. The number of piperidine rings is 1. The van der Waals surface area contributed by atoms with E-state index in [-0.39, 0.29) is 5.56 Å². The van der Waals surface area contributed by atoms with Crippen LogP contribution in [-0.4, -0.2) is 29.6 Å². The molecule has 3 heterocycles. The van der Waals surface area contributed by atoms with E-state index >= 15 is 0 Å². The Kier molecular flexibility index (Phi) is 5.05. The van der Waals surface area contributed by atoms with Gasteiger partial charge in [-0.1, -0.05) is 24.3 Å². The minimum absolute atomic E-state index is 0.0324. The summed E-state index contributed by atoms with van der Waals surface area (Å²) in [6.07, 6.45) is -3.22. The van der Waals surface area contributed by atoms with Gasteiger partial charge >= 0.3 is 6.18 Å². The van der Waals surface area contributed by atoms with E-state index in [4.69, 9.17) is 0 Å². The number of hydrogen-bond donors (Lipinski definition) is 1. The number of benzene rings is 1. The molecule has 4 rings (SSSR count). The zero-order valence-electron chi connectivity index (χ0n) is 15.8. The van der Waals surface area contributed by atoms with Crippen LogP contribution in [0.4, 0.5) is 13.2 Å². The Balaban J connectivity index is 1.51. The van der Waals surface area contributed by atoms with Gasteiger partial charge in [0, 0.05) is 43.4 Å². The second-order valence-electron chi connectivity index (χ2n) is 8.03. The predicted octanol–water partition coefficient (Wildman–Crippen LogP) is 3.21. The first kappa shape index (κ1) is 19.2. The molecule has 4 nitrogen and oxygen atoms in total. The first-order chi connectivity index (χ1) is 13.3. The van der Waals surface area contributed by atoms with E-state index in [1.165, 1.54) is 12.1 Å². The highest BCUT2D eigenvalue weighted by Gasteiger charge is 2.32. The zero-order valence-corrected chi connectivity index (χ0v) is 15.8. The van der Waals surface area contributed by atoms with Crippen LogP contribution in [0.5, 0.6) is 0 Å². The van der Waals surface area contributed by atoms with Crippen LogP contribution >= 0.6 is 0 Å². The monoisotopic (exact) mass is 391 g/mol. The molecular formula is C21H24F3N3O. The normalized spacial score (nSPS) is 21.6. The van der Waals surface area contributed by atoms with Crippen molar-refractivity contribution in [1.82, 2.24) is 14.8 Å². The first-order valence-corrected chi connectivity index (χ1v) is 9.59. The second-order valence-corrected chi connectivity index (χ2v) is 8.03. The maximum absolute atomic E-state index is 13.0. The van der Waals surface area contributed by atoms with E-state index in [0.717, 1.165) is 37.8 Å². The third kappa shape index (κ3) is 3.86. The summed E-state index contributed by atoms with van der Waals surface area (Å²) < 4.78 is 40.6. The van der Waals surface area contributed by atoms with E-state index in [9.17, 15) is 18.0 Å². The standard InChI is InChI=1S/C21H24F3N3O/c1-26(11-14-3-2-4-18(8-14)21(22,23)24)13-16-5-6-19-17-7-15(9-25-10-17)12-27(19)20(16)28/h2-6,8,15,17,25H,7,9-13H2,1H3/t15-,17+/m0/s1. The maximum atomic E-state index is 13.0. The van der Waals surface area contributed by atoms with Crippen molar-refractivity contribution in [1.29, 1.82) is 0 Å². The third-order valence-electron chi connectivity index (χ3n) is 5.73. The van der Waals surface area contributed by atoms with Crippen molar-refractivity contribution in [2.75, 3.05) is 20.1 Å². The van der Waals surface area contributed by atoms with Crippen LogP contribution in [0.25, 0.3) is 0 Å². The number of pyridine rings is 1. The van der Waals surface area contributed by atoms with Gasteiger partial charge in [-0.05, 0) is 43.6 Å². The van der Waals surface area contributed by atoms with Gasteiger partial charge in [0.05, 0.1) is 5.56 Å². The number of halogens is 3. The van der Waals surface area contributed by atoms with Gasteiger partial charge in [0.15, 0.2) is 0 Å². The van der Waals surface area contributed by atoms with E-state index in [0.29, 0.717) is 36.1 Å². The highest BCUT2D eigenvalue weighted by Crippen LogP contribution is 2.32. The first-order valence-electron chi connectivity index (χ1n) is 9.59. The Morgan fingerprint density at radius 2 is 2.00 bits per heavy atom. The molecule has 0 radical (unpaired) electrons. The number of hydrogen-bond acceptors (Lipinski definition) is 3. The van der Waals surface area contributed by atoms with Crippen LogP contribution < -0.4 is 10.9 Å². The predicted molar refractivity (Wildman–Crippen MR) is 101 cm³/mol. The Hall–Kier alpha value is -2.12. The fraction of sp³-hybridized carbons (Fsp3) is 0.476. The van der Waals surface area contributed by atoms with E-state index in [1.807, 2.05) is 28.6 Å². The van der Waals surface area contributed by atoms with Crippen molar-refractivity contribution in [3.63, 3.8) is 0 Å². The lowest BCUT2D eigenvalue weighted by Crippen LogP contribution is -2.45. The number of fused-ring (bicyclic) bond motifs is 4. The zero-order chi connectivity index (χ0) is 19.9. The van der Waals surface area contributed by atoms with Crippen molar-refractivity contribution in [2.45, 2.75) is 38.1 Å². The van der Waals surface area contributed by atoms with Crippen molar-refractivity contribution >= 4 is 0 Å². The van der Waals surface area contributed by atoms with Crippen LogP contribution in [0.1, 0.15) is 34.7 Å². The molecule has 0 amide bonds. The lowest BCUT2D eigenvalue weighted by molar-refractivity contribution is -0.137. The molecule has 1 N–H and O–H groups in total. The molecule has 2 bridgehead atoms. The van der Waals surface area contributed by atoms with Gasteiger partial charge in [-0.3, -0.25) is 9.69 Å². The molecule has 0 unspecified atom stereocenters. The molecule has 0 spiro atoms. The molecule has 1 aromatic heterocycles. The van der Waals surface area contributed by atoms with E-state index in [1.54, 1.807) is 6.07 Å². The highest BCUT2D eigenvalue weighted by atomic mass is 19.4. The van der Waals surface area contributed by atoms with Crippen molar-refractivity contribution < 1.29 is 13.2 Å². The molecule has 1 saturated heterocycles. The molecule has 1 fully saturated rings. The summed E-state index contributed by atoms with van der Waals surface area (Å²) in [7, 11) is 1.82. The fourth-order valence-corrected chi connectivity index (χ4v) is 4.46. The summed E-state index contributed by atoms with van der Waals surface area (Å²) in [5.41, 5.74) is 1.75. The van der Waals surface area contributed by atoms with Gasteiger partial charge < -0.3 is 9.88 Å². The lowest BCUT2D eigenvalue weighted by atomic mass is 9.84. The molecular weight excluding hydrogens is 367 g/mol. The molecule has 2 atom stereocenters. The van der Waals surface area contributed by atoms with Crippen molar-refractivity contribution in [3.05, 3.63) is 69.1 Å². The molecule has 7 heteroatoms. The number of aromatic nitrogens is 1. The van der Waals surface area contributed by atoms with E-state index in [2.05, 4.69) is 5.32 Å². The third-order valence-corrected chi connectivity index (χ3v) is 5.73. The van der Waals surface area contributed by atoms with Crippen molar-refractivity contribution in [2.24, 2.45) is 5.92 Å². The van der Waals surface area contributed by atoms with Crippen LogP contribution in [0.2, 0.25) is 0 Å². The number of rotatable bonds is 4. The largest absolute Gasteiger partial charge is 0.416 e. The quantitative estimate of drug-likeness (QED) is 0.870. The summed E-state index contributed by atoms with van der Waals surface area (Å²) in [4.78, 5) is 14.9. The van der Waals surface area contributed by atoms with Crippen LogP contribution in [0.3, 0.4) is 0 Å². The summed E-state index contributed by atoms with van der Waals surface area (Å²) in [5.74, 6) is 0.874. The second kappa shape index (κ2) is 7.37. The van der Waals surface area contributed by atoms with Gasteiger partial charge in [-0.15, -0.1) is 0 Å². The summed E-state index contributed by atoms with van der Waals surface area (Å²) in [5, 5.41) is 3.43. The van der Waals surface area contributed by atoms with Gasteiger partial charge in [0.2, 0.25) is 0 Å². The summed E-state index contributed by atoms with van der Waals surface area (Å²) >= 11 is 0. The Labute approximate surface area is 162 Å². The average molecular weight is 391 g/mol. The molecule has 0 saturated carbocycles. The molecule has 2 aliphatic heterocycles. The van der Waals surface area contributed by atoms with Crippen molar-refractivity contribution in [3.8, 4) is 0 Å². The Morgan fingerprint density at radius 1 is 1.18 bits per heavy atom. The fourth-order valence-electron chi connectivity index (χ4n) is 4.46. The number of nitrogens with one attached hydrogen (secondary N) is 1. The molecule has 150 valence electrons. The van der Waals surface area contributed by atoms with Crippen LogP contribution in [0, 0.1) is 5.92 Å². The lowest BCUT2D eigenvalue weighted by Gasteiger charge is -2.37. The van der Waals surface area contributed by atoms with Gasteiger partial charge in [0.25, 0.3) is 5.56 Å². The minimum Gasteiger partial charge on any atom is -0.316 e. The van der Waals surface area contributed by atoms with Gasteiger partial charge in [0.1, 0.15) is 0 Å². The smallest absolute Gasteiger partial charge is 0.316 e. The van der Waals surface area contributed by atoms with Crippen LogP contribution in [0.15, 0.2) is 41.2 Å². The van der Waals surface area contributed by atoms with Crippen LogP contribution in [-0.2, 0) is 25.8 Å². The highest BCUT2D eigenvalue weighted by molar-refractivity contribution is 5.26. The molecule has 2 aromatic rings. The molecule has 2 aliphatic rings. The maximum Gasteiger partial charge on any atom is 0.416 e. The minimum atomic E-state index is -4.35. The Bertz CT molecular complexity index is 922. The van der Waals surface area contributed by atoms with E-state index < -0.39 is 11.7 Å². The van der Waals surface area contributed by atoms with Gasteiger partial charge in [-0.25, -0.2) is 0 Å². The Morgan fingerprint density at radius 3 is 2.79 bits per heavy atom. The molecule has 0 aliphatic carbocycles. The van der Waals surface area contributed by atoms with Gasteiger partial charge in [-0.2, -0.15) is 13.2 Å². The molecule has 1 aromatic carbocycles. The SMILES string of the molecule is CN(Cc1cccc(C(F)(F)F)c1)Cc1ccc2n(c1=O)C[C@@H]1CNC[C@H]2C1. The average Bonchev–Trinajstić information content (AvgIpc) is 2.64. The molecule has 28 heavy (non-hydrogen) atoms. The summed E-state index contributed by atoms with van der Waals surface area (Å²) in [6.45, 7) is 3.35. The topological polar surface area (TPSA) is 37.3 Å². The number of nitrogens with zero attached hydrogens (tertiary/aromatic N) is 2. The number of alkyl halides is 3.